The maximum atomic E-state index is 11.9. The van der Waals surface area contributed by atoms with Crippen LogP contribution in [0.3, 0.4) is 0 Å². The normalized spacial score (nSPS) is 12.1. The predicted octanol–water partition coefficient (Wildman–Crippen LogP) is 6.06. The molecule has 2 aromatic rings. The quantitative estimate of drug-likeness (QED) is 0.344. The lowest BCUT2D eigenvalue weighted by atomic mass is 9.91. The molecule has 1 aliphatic heterocycles. The molecule has 146 valence electrons. The Labute approximate surface area is 169 Å². The van der Waals surface area contributed by atoms with Crippen molar-refractivity contribution in [1.82, 2.24) is 0 Å². The van der Waals surface area contributed by atoms with E-state index in [1.165, 1.54) is 12.1 Å². The molecule has 1 heterocycles. The molecule has 1 N–H and O–H groups in total. The van der Waals surface area contributed by atoms with Crippen LogP contribution < -0.4 is 5.43 Å². The summed E-state index contributed by atoms with van der Waals surface area (Å²) in [5.41, 5.74) is 3.85. The second kappa shape index (κ2) is 7.13. The number of hydrogen-bond acceptors (Lipinski definition) is 4. The van der Waals surface area contributed by atoms with Gasteiger partial charge in [-0.2, -0.15) is 0 Å². The van der Waals surface area contributed by atoms with Crippen LogP contribution in [0.25, 0.3) is 39.5 Å². The highest BCUT2D eigenvalue weighted by Crippen LogP contribution is 2.42. The summed E-state index contributed by atoms with van der Waals surface area (Å²) in [6.45, 7) is 5.99. The maximum absolute atomic E-state index is 11.9. The van der Waals surface area contributed by atoms with E-state index in [0.717, 1.165) is 27.6 Å². The van der Waals surface area contributed by atoms with E-state index in [2.05, 4.69) is 0 Å². The van der Waals surface area contributed by atoms with Crippen molar-refractivity contribution in [2.45, 2.75) is 26.4 Å². The van der Waals surface area contributed by atoms with Gasteiger partial charge in [0.1, 0.15) is 17.1 Å². The van der Waals surface area contributed by atoms with Gasteiger partial charge in [-0.1, -0.05) is 24.3 Å². The lowest BCUT2D eigenvalue weighted by Crippen LogP contribution is -2.15. The Morgan fingerprint density at radius 3 is 2.55 bits per heavy atom. The van der Waals surface area contributed by atoms with Crippen molar-refractivity contribution in [3.63, 3.8) is 0 Å². The highest BCUT2D eigenvalue weighted by Gasteiger charge is 2.19. The van der Waals surface area contributed by atoms with Gasteiger partial charge in [-0.3, -0.25) is 4.79 Å². The Hall–Kier alpha value is -3.53. The Kier molecular flexibility index (Phi) is 4.63. The van der Waals surface area contributed by atoms with Crippen LogP contribution in [0, 0.1) is 0 Å². The zero-order chi connectivity index (χ0) is 20.6. The number of fused-ring (bicyclic) bond motifs is 2. The molecule has 0 fully saturated rings. The van der Waals surface area contributed by atoms with Crippen molar-refractivity contribution in [3.8, 4) is 28.2 Å². The van der Waals surface area contributed by atoms with Gasteiger partial charge in [-0.05, 0) is 62.2 Å². The van der Waals surface area contributed by atoms with Crippen LogP contribution >= 0.6 is 0 Å². The average molecular weight is 386 g/mol. The largest absolute Gasteiger partial charge is 0.508 e. The molecular formula is C25H22O4. The smallest absolute Gasteiger partial charge is 0.182 e. The fourth-order valence-electron chi connectivity index (χ4n) is 3.33. The van der Waals surface area contributed by atoms with E-state index >= 15 is 0 Å². The first-order chi connectivity index (χ1) is 13.8. The van der Waals surface area contributed by atoms with Gasteiger partial charge in [0.15, 0.2) is 5.43 Å². The minimum Gasteiger partial charge on any atom is -0.508 e. The van der Waals surface area contributed by atoms with E-state index < -0.39 is 0 Å². The third-order valence-corrected chi connectivity index (χ3v) is 4.58. The molecule has 0 radical (unpaired) electrons. The Morgan fingerprint density at radius 2 is 1.76 bits per heavy atom. The number of phenols is 1. The number of phenolic OH excluding ortho intramolecular Hbond substituents is 1. The van der Waals surface area contributed by atoms with E-state index in [1.807, 2.05) is 57.2 Å². The molecule has 1 aliphatic carbocycles. The summed E-state index contributed by atoms with van der Waals surface area (Å²) < 4.78 is 11.7. The molecule has 0 saturated heterocycles. The summed E-state index contributed by atoms with van der Waals surface area (Å²) in [5.74, 6) is 0.590. The van der Waals surface area contributed by atoms with Gasteiger partial charge in [0, 0.05) is 28.6 Å². The third kappa shape index (κ3) is 3.87. The molecule has 0 unspecified atom stereocenters. The van der Waals surface area contributed by atoms with Crippen LogP contribution in [0.4, 0.5) is 0 Å². The van der Waals surface area contributed by atoms with Crippen molar-refractivity contribution in [2.24, 2.45) is 0 Å². The van der Waals surface area contributed by atoms with Crippen molar-refractivity contribution >= 4 is 17.0 Å². The zero-order valence-corrected chi connectivity index (χ0v) is 16.6. The van der Waals surface area contributed by atoms with E-state index in [0.29, 0.717) is 11.3 Å². The summed E-state index contributed by atoms with van der Waals surface area (Å²) in [6, 6.07) is 17.8. The van der Waals surface area contributed by atoms with Crippen LogP contribution in [0.15, 0.2) is 76.1 Å². The molecule has 0 atom stereocenters. The molecule has 2 aliphatic rings. The molecule has 29 heavy (non-hydrogen) atoms. The molecule has 4 nitrogen and oxygen atoms in total. The fraction of sp³-hybridized carbons (Fsp3) is 0.160. The minimum atomic E-state index is -0.279. The van der Waals surface area contributed by atoms with Gasteiger partial charge in [0.25, 0.3) is 0 Å². The van der Waals surface area contributed by atoms with Gasteiger partial charge in [-0.25, -0.2) is 0 Å². The van der Waals surface area contributed by atoms with Gasteiger partial charge < -0.3 is 14.3 Å². The molecule has 0 amide bonds. The highest BCUT2D eigenvalue weighted by atomic mass is 16.5. The van der Waals surface area contributed by atoms with Crippen molar-refractivity contribution in [1.29, 1.82) is 0 Å². The number of ether oxygens (including phenoxy) is 1. The van der Waals surface area contributed by atoms with Crippen molar-refractivity contribution < 1.29 is 14.3 Å². The molecular weight excluding hydrogens is 364 g/mol. The molecule has 4 heteroatoms. The second-order valence-electron chi connectivity index (χ2n) is 7.94. The molecule has 0 bridgehead atoms. The molecule has 0 saturated carbocycles. The molecule has 0 spiro atoms. The SMILES string of the molecule is CC(C)(C)OC=Cc1ccccc1-c1c2ccc(=O)cc-2oc2cc(O)ccc12. The van der Waals surface area contributed by atoms with E-state index in [9.17, 15) is 9.90 Å². The van der Waals surface area contributed by atoms with Crippen molar-refractivity contribution in [3.05, 3.63) is 82.7 Å². The Balaban J connectivity index is 2.00. The fourth-order valence-corrected chi connectivity index (χ4v) is 3.33. The van der Waals surface area contributed by atoms with Gasteiger partial charge in [-0.15, -0.1) is 0 Å². The van der Waals surface area contributed by atoms with E-state index in [-0.39, 0.29) is 16.8 Å². The van der Waals surface area contributed by atoms with Crippen LogP contribution in [0.1, 0.15) is 26.3 Å². The first-order valence-electron chi connectivity index (χ1n) is 9.45. The number of aromatic hydroxyl groups is 1. The van der Waals surface area contributed by atoms with Crippen LogP contribution in [0.2, 0.25) is 0 Å². The third-order valence-electron chi connectivity index (χ3n) is 4.58. The van der Waals surface area contributed by atoms with Crippen LogP contribution in [-0.2, 0) is 4.74 Å². The summed E-state index contributed by atoms with van der Waals surface area (Å²) in [6.07, 6.45) is 3.64. The van der Waals surface area contributed by atoms with E-state index in [4.69, 9.17) is 9.15 Å². The van der Waals surface area contributed by atoms with Gasteiger partial charge >= 0.3 is 0 Å². The maximum Gasteiger partial charge on any atom is 0.182 e. The number of hydrogen-bond donors (Lipinski definition) is 1. The number of rotatable bonds is 3. The Bertz CT molecular complexity index is 1240. The highest BCUT2D eigenvalue weighted by molar-refractivity contribution is 6.03. The Morgan fingerprint density at radius 1 is 0.966 bits per heavy atom. The first-order valence-corrected chi connectivity index (χ1v) is 9.45. The average Bonchev–Trinajstić information content (AvgIpc) is 2.65. The van der Waals surface area contributed by atoms with Crippen LogP contribution in [0.5, 0.6) is 5.75 Å². The van der Waals surface area contributed by atoms with E-state index in [1.54, 1.807) is 24.5 Å². The minimum absolute atomic E-state index is 0.108. The summed E-state index contributed by atoms with van der Waals surface area (Å²) in [7, 11) is 0. The summed E-state index contributed by atoms with van der Waals surface area (Å²) in [5, 5.41) is 10.8. The lowest BCUT2D eigenvalue weighted by molar-refractivity contribution is 0.0783. The first kappa shape index (κ1) is 18.8. The monoisotopic (exact) mass is 386 g/mol. The molecule has 2 aromatic carbocycles. The number of benzene rings is 3. The van der Waals surface area contributed by atoms with Crippen LogP contribution in [-0.4, -0.2) is 10.7 Å². The second-order valence-corrected chi connectivity index (χ2v) is 7.94. The van der Waals surface area contributed by atoms with Crippen molar-refractivity contribution in [2.75, 3.05) is 0 Å². The summed E-state index contributed by atoms with van der Waals surface area (Å²) in [4.78, 5) is 11.9. The molecule has 4 rings (SSSR count). The standard InChI is InChI=1S/C25H22O4/c1-25(2,3)28-13-12-16-6-4-5-7-19(16)24-20-10-8-17(26)14-22(20)29-23-15-18(27)9-11-21(23)24/h4-15,26H,1-3H3. The van der Waals surface area contributed by atoms with Gasteiger partial charge in [0.2, 0.25) is 0 Å². The summed E-state index contributed by atoms with van der Waals surface area (Å²) >= 11 is 0. The lowest BCUT2D eigenvalue weighted by Gasteiger charge is -2.18. The topological polar surface area (TPSA) is 59.7 Å². The van der Waals surface area contributed by atoms with Gasteiger partial charge in [0.05, 0.1) is 11.9 Å². The zero-order valence-electron chi connectivity index (χ0n) is 16.6. The predicted molar refractivity (Wildman–Crippen MR) is 116 cm³/mol. The molecule has 0 aromatic heterocycles.